The van der Waals surface area contributed by atoms with E-state index in [0.29, 0.717) is 17.5 Å². The molecule has 2 amide bonds. The van der Waals surface area contributed by atoms with Crippen LogP contribution >= 0.6 is 23.4 Å². The maximum atomic E-state index is 13.2. The summed E-state index contributed by atoms with van der Waals surface area (Å²) in [5.74, 6) is -0.504. The summed E-state index contributed by atoms with van der Waals surface area (Å²) in [5.41, 5.74) is 1.37. The standard InChI is InChI=1S/C17H16ClFN2OS/c1-2-12-10-21(15-5-3-4-6-16(15)23-12)17(22)20-11-7-8-14(19)13(18)9-11/h3-9,12H,2,10H2,1H3,(H,20,22)/t12-/m0/s1. The predicted octanol–water partition coefficient (Wildman–Crippen LogP) is 5.40. The molecule has 6 heteroatoms. The third-order valence-electron chi connectivity index (χ3n) is 3.71. The number of urea groups is 1. The fourth-order valence-electron chi connectivity index (χ4n) is 2.47. The van der Waals surface area contributed by atoms with Crippen LogP contribution in [0.1, 0.15) is 13.3 Å². The smallest absolute Gasteiger partial charge is 0.307 e. The fourth-order valence-corrected chi connectivity index (χ4v) is 3.85. The van der Waals surface area contributed by atoms with Crippen molar-refractivity contribution in [3.05, 3.63) is 53.3 Å². The van der Waals surface area contributed by atoms with Gasteiger partial charge in [-0.1, -0.05) is 30.7 Å². The Morgan fingerprint density at radius 3 is 2.91 bits per heavy atom. The van der Waals surface area contributed by atoms with E-state index in [2.05, 4.69) is 12.2 Å². The van der Waals surface area contributed by atoms with E-state index in [4.69, 9.17) is 11.6 Å². The summed E-state index contributed by atoms with van der Waals surface area (Å²) in [6.45, 7) is 2.75. The van der Waals surface area contributed by atoms with E-state index in [9.17, 15) is 9.18 Å². The molecule has 3 nitrogen and oxygen atoms in total. The van der Waals surface area contributed by atoms with Crippen LogP contribution < -0.4 is 10.2 Å². The van der Waals surface area contributed by atoms with Gasteiger partial charge in [0.25, 0.3) is 0 Å². The van der Waals surface area contributed by atoms with Crippen molar-refractivity contribution in [2.75, 3.05) is 16.8 Å². The lowest BCUT2D eigenvalue weighted by Crippen LogP contribution is -2.41. The number of hydrogen-bond acceptors (Lipinski definition) is 2. The molecule has 0 saturated carbocycles. The Labute approximate surface area is 143 Å². The number of anilines is 2. The van der Waals surface area contributed by atoms with Gasteiger partial charge in [-0.05, 0) is 36.8 Å². The third kappa shape index (κ3) is 3.46. The molecule has 0 spiro atoms. The first-order valence-corrected chi connectivity index (χ1v) is 8.63. The quantitative estimate of drug-likeness (QED) is 0.786. The molecule has 1 N–H and O–H groups in total. The van der Waals surface area contributed by atoms with Gasteiger partial charge in [0.2, 0.25) is 0 Å². The second-order valence-corrected chi connectivity index (χ2v) is 7.03. The Kier molecular flexibility index (Phi) is 4.78. The molecule has 2 aromatic rings. The van der Waals surface area contributed by atoms with Crippen LogP contribution in [0.25, 0.3) is 0 Å². The molecule has 0 radical (unpaired) electrons. The van der Waals surface area contributed by atoms with Gasteiger partial charge >= 0.3 is 6.03 Å². The molecule has 0 aromatic heterocycles. The molecule has 1 aliphatic heterocycles. The third-order valence-corrected chi connectivity index (χ3v) is 5.41. The predicted molar refractivity (Wildman–Crippen MR) is 94.2 cm³/mol. The minimum absolute atomic E-state index is 0.0103. The van der Waals surface area contributed by atoms with Gasteiger partial charge in [0, 0.05) is 22.4 Å². The molecule has 0 fully saturated rings. The van der Waals surface area contributed by atoms with Crippen molar-refractivity contribution in [3.8, 4) is 0 Å². The molecular weight excluding hydrogens is 335 g/mol. The summed E-state index contributed by atoms with van der Waals surface area (Å²) >= 11 is 7.56. The maximum Gasteiger partial charge on any atom is 0.326 e. The van der Waals surface area contributed by atoms with Crippen LogP contribution in [0.5, 0.6) is 0 Å². The van der Waals surface area contributed by atoms with Gasteiger partial charge in [0.1, 0.15) is 5.82 Å². The molecular formula is C17H16ClFN2OS. The topological polar surface area (TPSA) is 32.3 Å². The van der Waals surface area contributed by atoms with Crippen molar-refractivity contribution < 1.29 is 9.18 Å². The summed E-state index contributed by atoms with van der Waals surface area (Å²) in [6, 6.07) is 11.8. The number of nitrogens with one attached hydrogen (secondary N) is 1. The van der Waals surface area contributed by atoms with Crippen molar-refractivity contribution >= 4 is 40.8 Å². The maximum absolute atomic E-state index is 13.2. The molecule has 3 rings (SSSR count). The number of para-hydroxylation sites is 1. The van der Waals surface area contributed by atoms with E-state index in [1.165, 1.54) is 18.2 Å². The van der Waals surface area contributed by atoms with Gasteiger partial charge in [-0.2, -0.15) is 0 Å². The normalized spacial score (nSPS) is 16.8. The van der Waals surface area contributed by atoms with Gasteiger partial charge in [-0.25, -0.2) is 9.18 Å². The molecule has 120 valence electrons. The average molecular weight is 351 g/mol. The summed E-state index contributed by atoms with van der Waals surface area (Å²) in [5, 5.41) is 3.14. The minimum atomic E-state index is -0.504. The van der Waals surface area contributed by atoms with Crippen molar-refractivity contribution in [2.24, 2.45) is 0 Å². The molecule has 1 atom stereocenters. The van der Waals surface area contributed by atoms with Crippen LogP contribution in [0, 0.1) is 5.82 Å². The number of fused-ring (bicyclic) bond motifs is 1. The van der Waals surface area contributed by atoms with Gasteiger partial charge in [-0.3, -0.25) is 4.90 Å². The van der Waals surface area contributed by atoms with Crippen LogP contribution in [0.4, 0.5) is 20.6 Å². The zero-order valence-corrected chi connectivity index (χ0v) is 14.1. The van der Waals surface area contributed by atoms with E-state index in [1.807, 2.05) is 24.3 Å². The molecule has 2 aromatic carbocycles. The summed E-state index contributed by atoms with van der Waals surface area (Å²) < 4.78 is 13.2. The first-order chi connectivity index (χ1) is 11.1. The Morgan fingerprint density at radius 1 is 1.39 bits per heavy atom. The highest BCUT2D eigenvalue weighted by Crippen LogP contribution is 2.39. The first kappa shape index (κ1) is 16.1. The molecule has 0 bridgehead atoms. The van der Waals surface area contributed by atoms with E-state index < -0.39 is 5.82 Å². The highest BCUT2D eigenvalue weighted by atomic mass is 35.5. The summed E-state index contributed by atoms with van der Waals surface area (Å²) in [7, 11) is 0. The lowest BCUT2D eigenvalue weighted by molar-refractivity contribution is 0.256. The van der Waals surface area contributed by atoms with Crippen LogP contribution in [-0.2, 0) is 0 Å². The molecule has 0 saturated heterocycles. The van der Waals surface area contributed by atoms with Crippen molar-refractivity contribution in [3.63, 3.8) is 0 Å². The van der Waals surface area contributed by atoms with E-state index in [1.54, 1.807) is 16.7 Å². The largest absolute Gasteiger partial charge is 0.326 e. The number of benzene rings is 2. The van der Waals surface area contributed by atoms with Crippen LogP contribution in [0.15, 0.2) is 47.4 Å². The Balaban J connectivity index is 1.84. The highest BCUT2D eigenvalue weighted by Gasteiger charge is 2.28. The molecule has 1 heterocycles. The van der Waals surface area contributed by atoms with Crippen molar-refractivity contribution in [1.29, 1.82) is 0 Å². The molecule has 0 aliphatic carbocycles. The van der Waals surface area contributed by atoms with E-state index in [0.717, 1.165) is 17.0 Å². The molecule has 0 unspecified atom stereocenters. The number of rotatable bonds is 2. The van der Waals surface area contributed by atoms with Crippen LogP contribution in [0.2, 0.25) is 5.02 Å². The number of carbonyl (C=O) groups is 1. The molecule has 1 aliphatic rings. The number of hydrogen-bond donors (Lipinski definition) is 1. The minimum Gasteiger partial charge on any atom is -0.307 e. The van der Waals surface area contributed by atoms with Crippen LogP contribution in [0.3, 0.4) is 0 Å². The van der Waals surface area contributed by atoms with Gasteiger partial charge < -0.3 is 5.32 Å². The van der Waals surface area contributed by atoms with E-state index in [-0.39, 0.29) is 11.1 Å². The van der Waals surface area contributed by atoms with Crippen molar-refractivity contribution in [2.45, 2.75) is 23.5 Å². The number of amides is 2. The van der Waals surface area contributed by atoms with Crippen molar-refractivity contribution in [1.82, 2.24) is 0 Å². The monoisotopic (exact) mass is 350 g/mol. The zero-order chi connectivity index (χ0) is 16.4. The lowest BCUT2D eigenvalue weighted by Gasteiger charge is -2.33. The lowest BCUT2D eigenvalue weighted by atomic mass is 10.2. The number of thioether (sulfide) groups is 1. The Hall–Kier alpha value is -1.72. The number of nitrogens with zero attached hydrogens (tertiary/aromatic N) is 1. The summed E-state index contributed by atoms with van der Waals surface area (Å²) in [6.07, 6.45) is 0.977. The average Bonchev–Trinajstić information content (AvgIpc) is 2.57. The fraction of sp³-hybridized carbons (Fsp3) is 0.235. The van der Waals surface area contributed by atoms with Gasteiger partial charge in [-0.15, -0.1) is 11.8 Å². The van der Waals surface area contributed by atoms with E-state index >= 15 is 0 Å². The summed E-state index contributed by atoms with van der Waals surface area (Å²) in [4.78, 5) is 15.5. The van der Waals surface area contributed by atoms with Gasteiger partial charge in [0.05, 0.1) is 10.7 Å². The second kappa shape index (κ2) is 6.81. The highest BCUT2D eigenvalue weighted by molar-refractivity contribution is 8.00. The second-order valence-electron chi connectivity index (χ2n) is 5.29. The van der Waals surface area contributed by atoms with Gasteiger partial charge in [0.15, 0.2) is 0 Å². The SMILES string of the molecule is CC[C@H]1CN(C(=O)Nc2ccc(F)c(Cl)c2)c2ccccc2S1. The van der Waals surface area contributed by atoms with Crippen LogP contribution in [-0.4, -0.2) is 17.8 Å². The molecule has 23 heavy (non-hydrogen) atoms. The Bertz CT molecular complexity index is 740. The first-order valence-electron chi connectivity index (χ1n) is 7.37. The number of halogens is 2. The zero-order valence-electron chi connectivity index (χ0n) is 12.6. The number of carbonyl (C=O) groups excluding carboxylic acids is 1. The Morgan fingerprint density at radius 2 is 2.17 bits per heavy atom.